The zero-order valence-electron chi connectivity index (χ0n) is 15.7. The van der Waals surface area contributed by atoms with Crippen LogP contribution in [0.25, 0.3) is 0 Å². The number of phenols is 1. The van der Waals surface area contributed by atoms with Gasteiger partial charge in [0.25, 0.3) is 5.79 Å². The smallest absolute Gasteiger partial charge is 0.324 e. The highest BCUT2D eigenvalue weighted by atomic mass is 35.5. The first-order valence-corrected chi connectivity index (χ1v) is 9.71. The summed E-state index contributed by atoms with van der Waals surface area (Å²) in [5.74, 6) is -2.92. The van der Waals surface area contributed by atoms with Crippen molar-refractivity contribution in [1.82, 2.24) is 0 Å². The van der Waals surface area contributed by atoms with Crippen molar-refractivity contribution in [2.24, 2.45) is 0 Å². The lowest BCUT2D eigenvalue weighted by molar-refractivity contribution is -0.214. The summed E-state index contributed by atoms with van der Waals surface area (Å²) < 4.78 is 11.6. The van der Waals surface area contributed by atoms with Crippen LogP contribution in [0, 0.1) is 0 Å². The number of halogens is 2. The van der Waals surface area contributed by atoms with Crippen molar-refractivity contribution >= 4 is 29.2 Å². The van der Waals surface area contributed by atoms with E-state index in [1.165, 1.54) is 6.07 Å². The Labute approximate surface area is 172 Å². The van der Waals surface area contributed by atoms with Gasteiger partial charge in [-0.2, -0.15) is 0 Å². The molecule has 2 N–H and O–H groups in total. The van der Waals surface area contributed by atoms with E-state index in [1.54, 1.807) is 32.9 Å². The zero-order valence-corrected chi connectivity index (χ0v) is 17.2. The average molecular weight is 423 g/mol. The fourth-order valence-corrected chi connectivity index (χ4v) is 4.76. The van der Waals surface area contributed by atoms with Gasteiger partial charge >= 0.3 is 5.97 Å². The lowest BCUT2D eigenvalue weighted by Crippen LogP contribution is -2.58. The molecule has 0 radical (unpaired) electrons. The maximum atomic E-state index is 13.5. The number of aliphatic hydroxyl groups is 1. The van der Waals surface area contributed by atoms with Gasteiger partial charge in [0.15, 0.2) is 11.2 Å². The summed E-state index contributed by atoms with van der Waals surface area (Å²) in [7, 11) is 0. The number of aromatic hydroxyl groups is 1. The summed E-state index contributed by atoms with van der Waals surface area (Å²) in [6.45, 7) is 5.24. The molecule has 0 aromatic heterocycles. The Bertz CT molecular complexity index is 997. The number of carbonyl (C=O) groups excluding carboxylic acids is 1. The first-order chi connectivity index (χ1) is 13.0. The highest BCUT2D eigenvalue weighted by Crippen LogP contribution is 2.62. The Morgan fingerprint density at radius 3 is 2.61 bits per heavy atom. The molecule has 0 amide bonds. The molecule has 2 aromatic carbocycles. The monoisotopic (exact) mass is 422 g/mol. The molecule has 1 aliphatic heterocycles. The first kappa shape index (κ1) is 19.4. The van der Waals surface area contributed by atoms with Crippen molar-refractivity contribution in [3.05, 3.63) is 57.1 Å². The Balaban J connectivity index is 2.04. The number of ether oxygens (including phenoxy) is 2. The van der Waals surface area contributed by atoms with Crippen LogP contribution >= 0.6 is 23.2 Å². The molecule has 2 atom stereocenters. The molecule has 0 saturated heterocycles. The van der Waals surface area contributed by atoms with Crippen LogP contribution in [0.15, 0.2) is 30.3 Å². The number of carbonyl (C=O) groups is 1. The second-order valence-corrected chi connectivity index (χ2v) is 8.99. The fourth-order valence-electron chi connectivity index (χ4n) is 4.16. The van der Waals surface area contributed by atoms with Crippen LogP contribution in [0.2, 0.25) is 10.0 Å². The Hall–Kier alpha value is -1.95. The zero-order chi connectivity index (χ0) is 20.5. The molecule has 148 valence electrons. The first-order valence-electron chi connectivity index (χ1n) is 8.96. The molecular formula is C21H20Cl2O5. The van der Waals surface area contributed by atoms with E-state index in [-0.39, 0.29) is 33.5 Å². The van der Waals surface area contributed by atoms with Gasteiger partial charge in [0.1, 0.15) is 11.4 Å². The van der Waals surface area contributed by atoms with Gasteiger partial charge in [-0.3, -0.25) is 4.79 Å². The van der Waals surface area contributed by atoms with Crippen molar-refractivity contribution in [2.75, 3.05) is 0 Å². The van der Waals surface area contributed by atoms with E-state index >= 15 is 0 Å². The van der Waals surface area contributed by atoms with Gasteiger partial charge in [0.05, 0.1) is 10.0 Å². The summed E-state index contributed by atoms with van der Waals surface area (Å²) in [5, 5.41) is 22.0. The third-order valence-corrected chi connectivity index (χ3v) is 5.98. The minimum Gasteiger partial charge on any atom is -0.505 e. The molecule has 28 heavy (non-hydrogen) atoms. The van der Waals surface area contributed by atoms with E-state index in [0.717, 1.165) is 5.56 Å². The van der Waals surface area contributed by atoms with Gasteiger partial charge in [-0.25, -0.2) is 0 Å². The Morgan fingerprint density at radius 2 is 1.93 bits per heavy atom. The molecule has 1 aliphatic carbocycles. The third kappa shape index (κ3) is 2.46. The third-order valence-electron chi connectivity index (χ3n) is 5.32. The molecule has 4 rings (SSSR count). The predicted molar refractivity (Wildman–Crippen MR) is 105 cm³/mol. The summed E-state index contributed by atoms with van der Waals surface area (Å²) in [6.07, 6.45) is 0.698. The van der Waals surface area contributed by atoms with Crippen LogP contribution in [-0.4, -0.2) is 21.8 Å². The Morgan fingerprint density at radius 1 is 1.25 bits per heavy atom. The summed E-state index contributed by atoms with van der Waals surface area (Å²) >= 11 is 12.5. The van der Waals surface area contributed by atoms with Crippen LogP contribution in [0.5, 0.6) is 11.5 Å². The number of phenolic OH excluding ortho intramolecular Hbond substituents is 1. The SMILES string of the molecule is CC(C)(C)OC(=O)[C@]12CCc3ccccc3[C@@]1(O)Oc1cc(Cl)c(O)c(Cl)c12. The lowest BCUT2D eigenvalue weighted by Gasteiger charge is -2.44. The van der Waals surface area contributed by atoms with Crippen molar-refractivity contribution in [3.8, 4) is 11.5 Å². The standard InChI is InChI=1S/C21H20Cl2O5/c1-19(2,3)28-18(25)20-9-8-11-6-4-5-7-12(11)21(20,26)27-14-10-13(22)17(24)16(23)15(14)20/h4-7,10,24,26H,8-9H2,1-3H3/t20-,21-/m1/s1. The van der Waals surface area contributed by atoms with Gasteiger partial charge in [-0.15, -0.1) is 0 Å². The topological polar surface area (TPSA) is 76.0 Å². The highest BCUT2D eigenvalue weighted by Gasteiger charge is 2.69. The van der Waals surface area contributed by atoms with Crippen LogP contribution in [0.3, 0.4) is 0 Å². The number of rotatable bonds is 1. The molecule has 0 spiro atoms. The second-order valence-electron chi connectivity index (χ2n) is 8.20. The number of fused-ring (bicyclic) bond motifs is 5. The number of benzene rings is 2. The molecule has 0 fully saturated rings. The molecule has 5 nitrogen and oxygen atoms in total. The Kier molecular flexibility index (Phi) is 4.17. The highest BCUT2D eigenvalue weighted by molar-refractivity contribution is 6.38. The molecule has 2 aliphatic rings. The van der Waals surface area contributed by atoms with E-state index < -0.39 is 22.8 Å². The summed E-state index contributed by atoms with van der Waals surface area (Å²) in [4.78, 5) is 13.5. The van der Waals surface area contributed by atoms with E-state index in [0.29, 0.717) is 12.0 Å². The maximum absolute atomic E-state index is 13.5. The number of esters is 1. The van der Waals surface area contributed by atoms with Crippen molar-refractivity contribution in [1.29, 1.82) is 0 Å². The quantitative estimate of drug-likeness (QED) is 0.663. The fraction of sp³-hybridized carbons (Fsp3) is 0.381. The minimum absolute atomic E-state index is 0.0291. The van der Waals surface area contributed by atoms with E-state index in [1.807, 2.05) is 12.1 Å². The van der Waals surface area contributed by atoms with E-state index in [9.17, 15) is 15.0 Å². The predicted octanol–water partition coefficient (Wildman–Crippen LogP) is 4.46. The molecule has 0 saturated carbocycles. The molecular weight excluding hydrogens is 403 g/mol. The molecule has 1 heterocycles. The second kappa shape index (κ2) is 6.02. The minimum atomic E-state index is -2.03. The van der Waals surface area contributed by atoms with Gasteiger partial charge < -0.3 is 19.7 Å². The lowest BCUT2D eigenvalue weighted by atomic mass is 9.64. The normalized spacial score (nSPS) is 25.4. The largest absolute Gasteiger partial charge is 0.505 e. The number of hydrogen-bond acceptors (Lipinski definition) is 5. The number of hydrogen-bond donors (Lipinski definition) is 2. The molecule has 0 bridgehead atoms. The van der Waals surface area contributed by atoms with E-state index in [2.05, 4.69) is 0 Å². The van der Waals surface area contributed by atoms with Gasteiger partial charge in [-0.1, -0.05) is 47.5 Å². The molecule has 2 aromatic rings. The van der Waals surface area contributed by atoms with Crippen LogP contribution in [0.4, 0.5) is 0 Å². The molecule has 7 heteroatoms. The molecule has 0 unspecified atom stereocenters. The van der Waals surface area contributed by atoms with Crippen molar-refractivity contribution in [3.63, 3.8) is 0 Å². The van der Waals surface area contributed by atoms with E-state index in [4.69, 9.17) is 32.7 Å². The van der Waals surface area contributed by atoms with Crippen molar-refractivity contribution < 1.29 is 24.5 Å². The average Bonchev–Trinajstić information content (AvgIpc) is 2.88. The summed E-state index contributed by atoms with van der Waals surface area (Å²) in [6, 6.07) is 8.59. The van der Waals surface area contributed by atoms with Gasteiger partial charge in [-0.05, 0) is 39.2 Å². The van der Waals surface area contributed by atoms with Crippen molar-refractivity contribution in [2.45, 2.75) is 50.4 Å². The number of aryl methyl sites for hydroxylation is 1. The van der Waals surface area contributed by atoms with Gasteiger partial charge in [0, 0.05) is 17.2 Å². The summed E-state index contributed by atoms with van der Waals surface area (Å²) in [5.41, 5.74) is -0.906. The maximum Gasteiger partial charge on any atom is 0.324 e. The van der Waals surface area contributed by atoms with Crippen LogP contribution < -0.4 is 4.74 Å². The van der Waals surface area contributed by atoms with Crippen LogP contribution in [0.1, 0.15) is 43.9 Å². The van der Waals surface area contributed by atoms with Gasteiger partial charge in [0.2, 0.25) is 0 Å². The van der Waals surface area contributed by atoms with Crippen LogP contribution in [-0.2, 0) is 27.2 Å².